The molecule has 0 aliphatic rings. The lowest BCUT2D eigenvalue weighted by Gasteiger charge is -2.19. The molecule has 1 atom stereocenters. The fraction of sp³-hybridized carbons (Fsp3) is 0.250. The van der Waals surface area contributed by atoms with E-state index >= 15 is 0 Å². The molecule has 0 aliphatic carbocycles. The number of rotatable bonds is 7. The van der Waals surface area contributed by atoms with Gasteiger partial charge in [0.2, 0.25) is 5.91 Å². The minimum Gasteiger partial charge on any atom is -0.455 e. The van der Waals surface area contributed by atoms with E-state index in [1.54, 1.807) is 19.2 Å². The Hall–Kier alpha value is -3.15. The molecular weight excluding hydrogens is 332 g/mol. The van der Waals surface area contributed by atoms with E-state index in [0.29, 0.717) is 5.69 Å². The van der Waals surface area contributed by atoms with E-state index in [1.807, 2.05) is 48.5 Å². The minimum atomic E-state index is -0.553. The molecular formula is C20H22N2O4. The van der Waals surface area contributed by atoms with E-state index in [-0.39, 0.29) is 24.8 Å². The van der Waals surface area contributed by atoms with Gasteiger partial charge in [-0.1, -0.05) is 48.5 Å². The lowest BCUT2D eigenvalue weighted by atomic mass is 10.0. The third kappa shape index (κ3) is 5.73. The summed E-state index contributed by atoms with van der Waals surface area (Å²) in [5.41, 5.74) is 1.52. The molecule has 0 bridgehead atoms. The quantitative estimate of drug-likeness (QED) is 0.775. The Morgan fingerprint density at radius 1 is 1.00 bits per heavy atom. The first-order valence-electron chi connectivity index (χ1n) is 8.26. The number of hydrogen-bond donors (Lipinski definition) is 1. The molecule has 6 heteroatoms. The number of nitrogens with zero attached hydrogens (tertiary/aromatic N) is 1. The van der Waals surface area contributed by atoms with Gasteiger partial charge in [-0.3, -0.25) is 14.4 Å². The van der Waals surface area contributed by atoms with Crippen molar-refractivity contribution in [3.8, 4) is 0 Å². The zero-order valence-corrected chi connectivity index (χ0v) is 14.8. The summed E-state index contributed by atoms with van der Waals surface area (Å²) < 4.78 is 5.10. The van der Waals surface area contributed by atoms with Crippen molar-refractivity contribution in [1.82, 2.24) is 5.32 Å². The first-order valence-corrected chi connectivity index (χ1v) is 8.26. The van der Waals surface area contributed by atoms with Crippen LogP contribution in [0.25, 0.3) is 0 Å². The lowest BCUT2D eigenvalue weighted by Crippen LogP contribution is -2.32. The van der Waals surface area contributed by atoms with E-state index in [2.05, 4.69) is 5.32 Å². The summed E-state index contributed by atoms with van der Waals surface area (Å²) in [5, 5.41) is 2.73. The summed E-state index contributed by atoms with van der Waals surface area (Å²) in [6.07, 6.45) is -0.0497. The summed E-state index contributed by atoms with van der Waals surface area (Å²) in [6.45, 7) is 1.03. The standard InChI is InChI=1S/C20H22N2O4/c1-15(23)21-18(16-9-5-3-6-10-16)13-20(25)26-14-19(24)22(2)17-11-7-4-8-12-17/h3-12,18H,13-14H2,1-2H3,(H,21,23)/t18-/m0/s1. The van der Waals surface area contributed by atoms with Gasteiger partial charge in [0.05, 0.1) is 12.5 Å². The highest BCUT2D eigenvalue weighted by atomic mass is 16.5. The van der Waals surface area contributed by atoms with Crippen LogP contribution in [0.5, 0.6) is 0 Å². The van der Waals surface area contributed by atoms with E-state index in [9.17, 15) is 14.4 Å². The maximum atomic E-state index is 12.2. The SMILES string of the molecule is CC(=O)N[C@@H](CC(=O)OCC(=O)N(C)c1ccccc1)c1ccccc1. The summed E-state index contributed by atoms with van der Waals surface area (Å²) in [4.78, 5) is 37.1. The van der Waals surface area contributed by atoms with E-state index in [1.165, 1.54) is 11.8 Å². The van der Waals surface area contributed by atoms with Crippen molar-refractivity contribution in [3.63, 3.8) is 0 Å². The van der Waals surface area contributed by atoms with Crippen LogP contribution in [0, 0.1) is 0 Å². The Bertz CT molecular complexity index is 747. The molecule has 136 valence electrons. The largest absolute Gasteiger partial charge is 0.455 e. The number of carbonyl (C=O) groups excluding carboxylic acids is 3. The van der Waals surface area contributed by atoms with Crippen LogP contribution >= 0.6 is 0 Å². The van der Waals surface area contributed by atoms with Gasteiger partial charge >= 0.3 is 5.97 Å². The zero-order valence-electron chi connectivity index (χ0n) is 14.8. The molecule has 0 saturated heterocycles. The van der Waals surface area contributed by atoms with Gasteiger partial charge in [0.25, 0.3) is 5.91 Å². The van der Waals surface area contributed by atoms with Crippen molar-refractivity contribution in [2.45, 2.75) is 19.4 Å². The van der Waals surface area contributed by atoms with Crippen molar-refractivity contribution < 1.29 is 19.1 Å². The van der Waals surface area contributed by atoms with E-state index in [0.717, 1.165) is 5.56 Å². The molecule has 0 radical (unpaired) electrons. The molecule has 0 aliphatic heterocycles. The number of ether oxygens (including phenoxy) is 1. The summed E-state index contributed by atoms with van der Waals surface area (Å²) in [6, 6.07) is 17.7. The molecule has 0 aromatic heterocycles. The molecule has 2 rings (SSSR count). The van der Waals surface area contributed by atoms with Crippen LogP contribution in [0.15, 0.2) is 60.7 Å². The average Bonchev–Trinajstić information content (AvgIpc) is 2.66. The second kappa shape index (κ2) is 9.36. The fourth-order valence-corrected chi connectivity index (χ4v) is 2.44. The Balaban J connectivity index is 1.91. The Morgan fingerprint density at radius 2 is 1.58 bits per heavy atom. The van der Waals surface area contributed by atoms with Gasteiger partial charge in [-0.25, -0.2) is 0 Å². The number of hydrogen-bond acceptors (Lipinski definition) is 4. The third-order valence-corrected chi connectivity index (χ3v) is 3.82. The smallest absolute Gasteiger partial charge is 0.308 e. The lowest BCUT2D eigenvalue weighted by molar-refractivity contribution is -0.148. The van der Waals surface area contributed by atoms with Crippen LogP contribution in [0.4, 0.5) is 5.69 Å². The van der Waals surface area contributed by atoms with Crippen LogP contribution in [0.1, 0.15) is 24.9 Å². The first-order chi connectivity index (χ1) is 12.5. The highest BCUT2D eigenvalue weighted by molar-refractivity contribution is 5.94. The van der Waals surface area contributed by atoms with E-state index < -0.39 is 12.0 Å². The molecule has 6 nitrogen and oxygen atoms in total. The number of para-hydroxylation sites is 1. The molecule has 0 saturated carbocycles. The van der Waals surface area contributed by atoms with Crippen molar-refractivity contribution in [2.24, 2.45) is 0 Å². The number of likely N-dealkylation sites (N-methyl/N-ethyl adjacent to an activating group) is 1. The molecule has 0 fully saturated rings. The van der Waals surface area contributed by atoms with Crippen LogP contribution in [0.3, 0.4) is 0 Å². The average molecular weight is 354 g/mol. The molecule has 2 aromatic carbocycles. The van der Waals surface area contributed by atoms with Crippen molar-refractivity contribution >= 4 is 23.5 Å². The fourth-order valence-electron chi connectivity index (χ4n) is 2.44. The molecule has 0 unspecified atom stereocenters. The number of benzene rings is 2. The molecule has 2 amide bonds. The Kier molecular flexibility index (Phi) is 6.91. The van der Waals surface area contributed by atoms with Gasteiger partial charge in [-0.05, 0) is 17.7 Å². The summed E-state index contributed by atoms with van der Waals surface area (Å²) in [7, 11) is 1.62. The highest BCUT2D eigenvalue weighted by Gasteiger charge is 2.19. The molecule has 26 heavy (non-hydrogen) atoms. The maximum absolute atomic E-state index is 12.2. The van der Waals surface area contributed by atoms with Gasteiger partial charge in [0.15, 0.2) is 6.61 Å². The minimum absolute atomic E-state index is 0.0497. The maximum Gasteiger partial charge on any atom is 0.308 e. The van der Waals surface area contributed by atoms with Crippen molar-refractivity contribution in [3.05, 3.63) is 66.2 Å². The van der Waals surface area contributed by atoms with Crippen LogP contribution < -0.4 is 10.2 Å². The van der Waals surface area contributed by atoms with Gasteiger partial charge in [-0.15, -0.1) is 0 Å². The normalized spacial score (nSPS) is 11.3. The van der Waals surface area contributed by atoms with Gasteiger partial charge in [-0.2, -0.15) is 0 Å². The van der Waals surface area contributed by atoms with Gasteiger partial charge < -0.3 is 15.0 Å². The molecule has 0 heterocycles. The third-order valence-electron chi connectivity index (χ3n) is 3.82. The number of esters is 1. The number of carbonyl (C=O) groups is 3. The second-order valence-corrected chi connectivity index (χ2v) is 5.82. The van der Waals surface area contributed by atoms with Crippen LogP contribution in [-0.4, -0.2) is 31.4 Å². The zero-order chi connectivity index (χ0) is 18.9. The second-order valence-electron chi connectivity index (χ2n) is 5.82. The Morgan fingerprint density at radius 3 is 2.15 bits per heavy atom. The monoisotopic (exact) mass is 354 g/mol. The predicted molar refractivity (Wildman–Crippen MR) is 98.4 cm³/mol. The number of amides is 2. The Labute approximate surface area is 152 Å². The van der Waals surface area contributed by atoms with Crippen LogP contribution in [0.2, 0.25) is 0 Å². The van der Waals surface area contributed by atoms with Crippen molar-refractivity contribution in [2.75, 3.05) is 18.6 Å². The van der Waals surface area contributed by atoms with Gasteiger partial charge in [0.1, 0.15) is 0 Å². The highest BCUT2D eigenvalue weighted by Crippen LogP contribution is 2.17. The summed E-state index contributed by atoms with van der Waals surface area (Å²) in [5.74, 6) is -1.13. The topological polar surface area (TPSA) is 75.7 Å². The first kappa shape index (κ1) is 19.2. The van der Waals surface area contributed by atoms with Gasteiger partial charge in [0, 0.05) is 19.7 Å². The van der Waals surface area contributed by atoms with Crippen molar-refractivity contribution in [1.29, 1.82) is 0 Å². The van der Waals surface area contributed by atoms with Crippen LogP contribution in [-0.2, 0) is 19.1 Å². The predicted octanol–water partition coefficient (Wildman–Crippen LogP) is 2.46. The number of anilines is 1. The molecule has 1 N–H and O–H groups in total. The van der Waals surface area contributed by atoms with E-state index in [4.69, 9.17) is 4.74 Å². The number of nitrogens with one attached hydrogen (secondary N) is 1. The molecule has 0 spiro atoms. The summed E-state index contributed by atoms with van der Waals surface area (Å²) >= 11 is 0. The molecule has 2 aromatic rings.